The predicted molar refractivity (Wildman–Crippen MR) is 61.7 cm³/mol. The maximum Gasteiger partial charge on any atom is 0.271 e. The highest BCUT2D eigenvalue weighted by Gasteiger charge is 2.09. The zero-order valence-corrected chi connectivity index (χ0v) is 9.22. The Hall–Kier alpha value is -1.62. The van der Waals surface area contributed by atoms with Crippen molar-refractivity contribution in [2.45, 2.75) is 13.0 Å². The van der Waals surface area contributed by atoms with Gasteiger partial charge in [0.25, 0.3) is 5.69 Å². The molecule has 0 unspecified atom stereocenters. The van der Waals surface area contributed by atoms with Crippen LogP contribution >= 0.6 is 11.6 Å². The first-order valence-corrected chi connectivity index (χ1v) is 5.41. The number of aryl methyl sites for hydroxylation is 1. The molecule has 2 rings (SSSR count). The lowest BCUT2D eigenvalue weighted by atomic mass is 10.3. The van der Waals surface area contributed by atoms with E-state index in [1.807, 2.05) is 4.57 Å². The molecule has 0 fully saturated rings. The Balaban J connectivity index is 2.43. The van der Waals surface area contributed by atoms with E-state index in [-0.39, 0.29) is 5.69 Å². The van der Waals surface area contributed by atoms with E-state index in [0.29, 0.717) is 5.88 Å². The molecule has 0 amide bonds. The van der Waals surface area contributed by atoms with Gasteiger partial charge in [0.05, 0.1) is 22.3 Å². The van der Waals surface area contributed by atoms with Crippen LogP contribution in [0.2, 0.25) is 0 Å². The van der Waals surface area contributed by atoms with Crippen LogP contribution in [0.25, 0.3) is 11.0 Å². The first-order valence-electron chi connectivity index (χ1n) is 4.87. The molecule has 0 aliphatic rings. The molecular weight excluding hydrogens is 230 g/mol. The van der Waals surface area contributed by atoms with E-state index in [1.165, 1.54) is 12.1 Å². The Labute approximate surface area is 96.8 Å². The van der Waals surface area contributed by atoms with Crippen molar-refractivity contribution in [2.24, 2.45) is 0 Å². The van der Waals surface area contributed by atoms with Crippen molar-refractivity contribution in [3.63, 3.8) is 0 Å². The van der Waals surface area contributed by atoms with Gasteiger partial charge in [-0.25, -0.2) is 4.98 Å². The maximum absolute atomic E-state index is 10.6. The number of nitro benzene ring substituents is 1. The summed E-state index contributed by atoms with van der Waals surface area (Å²) in [6, 6.07) is 4.66. The monoisotopic (exact) mass is 239 g/mol. The van der Waals surface area contributed by atoms with Crippen LogP contribution in [-0.2, 0) is 6.54 Å². The van der Waals surface area contributed by atoms with E-state index in [0.717, 1.165) is 24.0 Å². The average Bonchev–Trinajstić information content (AvgIpc) is 2.68. The fourth-order valence-electron chi connectivity index (χ4n) is 1.57. The Bertz CT molecular complexity index is 524. The minimum absolute atomic E-state index is 0.0834. The van der Waals surface area contributed by atoms with Gasteiger partial charge in [-0.1, -0.05) is 0 Å². The number of hydrogen-bond donors (Lipinski definition) is 0. The summed E-state index contributed by atoms with van der Waals surface area (Å²) in [7, 11) is 0. The van der Waals surface area contributed by atoms with Crippen LogP contribution in [0.3, 0.4) is 0 Å². The highest BCUT2D eigenvalue weighted by Crippen LogP contribution is 2.20. The third-order valence-electron chi connectivity index (χ3n) is 2.35. The number of imidazole rings is 1. The molecule has 6 heteroatoms. The van der Waals surface area contributed by atoms with E-state index in [4.69, 9.17) is 11.6 Å². The number of non-ortho nitro benzene ring substituents is 1. The highest BCUT2D eigenvalue weighted by molar-refractivity contribution is 6.17. The molecule has 0 saturated heterocycles. The van der Waals surface area contributed by atoms with Crippen LogP contribution in [-0.4, -0.2) is 20.4 Å². The molecule has 1 aromatic carbocycles. The highest BCUT2D eigenvalue weighted by atomic mass is 35.5. The van der Waals surface area contributed by atoms with Crippen LogP contribution in [0.4, 0.5) is 5.69 Å². The van der Waals surface area contributed by atoms with Gasteiger partial charge in [-0.05, 0) is 12.5 Å². The van der Waals surface area contributed by atoms with Gasteiger partial charge in [0.15, 0.2) is 0 Å². The molecule has 1 heterocycles. The minimum atomic E-state index is -0.404. The van der Waals surface area contributed by atoms with Crippen LogP contribution in [0.15, 0.2) is 24.5 Å². The lowest BCUT2D eigenvalue weighted by molar-refractivity contribution is -0.384. The normalized spacial score (nSPS) is 10.8. The van der Waals surface area contributed by atoms with Crippen LogP contribution < -0.4 is 0 Å². The second-order valence-corrected chi connectivity index (χ2v) is 3.79. The van der Waals surface area contributed by atoms with Crippen molar-refractivity contribution in [1.82, 2.24) is 9.55 Å². The van der Waals surface area contributed by atoms with Gasteiger partial charge in [-0.15, -0.1) is 11.6 Å². The van der Waals surface area contributed by atoms with Crippen molar-refractivity contribution in [3.8, 4) is 0 Å². The number of rotatable bonds is 4. The summed E-state index contributed by atoms with van der Waals surface area (Å²) >= 11 is 5.61. The van der Waals surface area contributed by atoms with Gasteiger partial charge in [0.2, 0.25) is 0 Å². The third kappa shape index (κ3) is 1.99. The molecule has 0 aliphatic heterocycles. The predicted octanol–water partition coefficient (Wildman–Crippen LogP) is 2.57. The molecule has 0 atom stereocenters. The summed E-state index contributed by atoms with van der Waals surface area (Å²) in [4.78, 5) is 14.4. The third-order valence-corrected chi connectivity index (χ3v) is 2.62. The van der Waals surface area contributed by atoms with E-state index in [9.17, 15) is 10.1 Å². The number of halogens is 1. The lowest BCUT2D eigenvalue weighted by Gasteiger charge is -2.01. The first kappa shape index (κ1) is 10.9. The van der Waals surface area contributed by atoms with Crippen molar-refractivity contribution < 1.29 is 4.92 Å². The fourth-order valence-corrected chi connectivity index (χ4v) is 1.69. The van der Waals surface area contributed by atoms with E-state index < -0.39 is 4.92 Å². The summed E-state index contributed by atoms with van der Waals surface area (Å²) in [5.74, 6) is 0.564. The van der Waals surface area contributed by atoms with Crippen molar-refractivity contribution in [2.75, 3.05) is 5.88 Å². The van der Waals surface area contributed by atoms with Gasteiger partial charge in [0, 0.05) is 24.6 Å². The molecular formula is C10H10ClN3O2. The molecule has 5 nitrogen and oxygen atoms in total. The number of nitro groups is 1. The Morgan fingerprint density at radius 1 is 1.50 bits per heavy atom. The van der Waals surface area contributed by atoms with Crippen molar-refractivity contribution in [3.05, 3.63) is 34.6 Å². The average molecular weight is 240 g/mol. The zero-order valence-electron chi connectivity index (χ0n) is 8.47. The standard InChI is InChI=1S/C10H10ClN3O2/c11-4-1-5-13-7-12-9-3-2-8(14(15)16)6-10(9)13/h2-3,6-7H,1,4-5H2. The number of nitrogens with zero attached hydrogens (tertiary/aromatic N) is 3. The number of alkyl halides is 1. The summed E-state index contributed by atoms with van der Waals surface area (Å²) in [6.45, 7) is 0.723. The number of aromatic nitrogens is 2. The molecule has 1 aromatic heterocycles. The van der Waals surface area contributed by atoms with E-state index >= 15 is 0 Å². The SMILES string of the molecule is O=[N+]([O-])c1ccc2ncn(CCCCl)c2c1. The zero-order chi connectivity index (χ0) is 11.5. The lowest BCUT2D eigenvalue weighted by Crippen LogP contribution is -1.97. The number of benzene rings is 1. The molecule has 0 spiro atoms. The molecule has 2 aromatic rings. The Morgan fingerprint density at radius 3 is 3.00 bits per heavy atom. The largest absolute Gasteiger partial charge is 0.330 e. The van der Waals surface area contributed by atoms with Gasteiger partial charge < -0.3 is 4.57 Å². The summed E-state index contributed by atoms with van der Waals surface area (Å²) in [5, 5.41) is 10.6. The molecule has 0 N–H and O–H groups in total. The summed E-state index contributed by atoms with van der Waals surface area (Å²) in [5.41, 5.74) is 1.62. The smallest absolute Gasteiger partial charge is 0.271 e. The summed E-state index contributed by atoms with van der Waals surface area (Å²) in [6.07, 6.45) is 2.50. The number of hydrogen-bond acceptors (Lipinski definition) is 3. The summed E-state index contributed by atoms with van der Waals surface area (Å²) < 4.78 is 1.88. The molecule has 16 heavy (non-hydrogen) atoms. The van der Waals surface area contributed by atoms with E-state index in [1.54, 1.807) is 12.4 Å². The van der Waals surface area contributed by atoms with Gasteiger partial charge in [-0.2, -0.15) is 0 Å². The molecule has 0 saturated carbocycles. The molecule has 84 valence electrons. The van der Waals surface area contributed by atoms with Gasteiger partial charge in [0.1, 0.15) is 0 Å². The number of fused-ring (bicyclic) bond motifs is 1. The van der Waals surface area contributed by atoms with Crippen molar-refractivity contribution in [1.29, 1.82) is 0 Å². The Kier molecular flexibility index (Phi) is 3.05. The van der Waals surface area contributed by atoms with Gasteiger partial charge >= 0.3 is 0 Å². The quantitative estimate of drug-likeness (QED) is 0.468. The fraction of sp³-hybridized carbons (Fsp3) is 0.300. The van der Waals surface area contributed by atoms with Crippen LogP contribution in [0.1, 0.15) is 6.42 Å². The second kappa shape index (κ2) is 4.49. The Morgan fingerprint density at radius 2 is 2.31 bits per heavy atom. The second-order valence-electron chi connectivity index (χ2n) is 3.41. The van der Waals surface area contributed by atoms with Crippen LogP contribution in [0.5, 0.6) is 0 Å². The van der Waals surface area contributed by atoms with Crippen molar-refractivity contribution >= 4 is 28.3 Å². The molecule has 0 bridgehead atoms. The minimum Gasteiger partial charge on any atom is -0.330 e. The van der Waals surface area contributed by atoms with Gasteiger partial charge in [-0.3, -0.25) is 10.1 Å². The van der Waals surface area contributed by atoms with Crippen LogP contribution in [0, 0.1) is 10.1 Å². The maximum atomic E-state index is 10.6. The topological polar surface area (TPSA) is 61.0 Å². The first-order chi connectivity index (χ1) is 7.72. The van der Waals surface area contributed by atoms with E-state index in [2.05, 4.69) is 4.98 Å². The molecule has 0 aliphatic carbocycles. The molecule has 0 radical (unpaired) electrons.